The van der Waals surface area contributed by atoms with Gasteiger partial charge in [0.05, 0.1) is 18.4 Å². The Morgan fingerprint density at radius 1 is 1.39 bits per heavy atom. The second-order valence-electron chi connectivity index (χ2n) is 4.08. The summed E-state index contributed by atoms with van der Waals surface area (Å²) >= 11 is 0. The molecule has 0 amide bonds. The summed E-state index contributed by atoms with van der Waals surface area (Å²) in [6.07, 6.45) is 3.76. The van der Waals surface area contributed by atoms with E-state index in [4.69, 9.17) is 0 Å². The number of hydrogen-bond donors (Lipinski definition) is 1. The highest BCUT2D eigenvalue weighted by Crippen LogP contribution is 2.14. The maximum atomic E-state index is 12.8. The van der Waals surface area contributed by atoms with Crippen molar-refractivity contribution in [2.45, 2.75) is 25.9 Å². The fraction of sp³-hybridized carbons (Fsp3) is 0.417. The van der Waals surface area contributed by atoms with Gasteiger partial charge in [0.15, 0.2) is 5.82 Å². The van der Waals surface area contributed by atoms with Crippen molar-refractivity contribution >= 4 is 0 Å². The van der Waals surface area contributed by atoms with Crippen LogP contribution in [0.5, 0.6) is 0 Å². The minimum Gasteiger partial charge on any atom is -0.301 e. The van der Waals surface area contributed by atoms with Crippen molar-refractivity contribution in [1.82, 2.24) is 25.1 Å². The van der Waals surface area contributed by atoms with E-state index in [-0.39, 0.29) is 11.9 Å². The Morgan fingerprint density at radius 3 is 2.78 bits per heavy atom. The lowest BCUT2D eigenvalue weighted by molar-refractivity contribution is 0.493. The van der Waals surface area contributed by atoms with Gasteiger partial charge in [-0.25, -0.2) is 9.37 Å². The molecule has 96 valence electrons. The van der Waals surface area contributed by atoms with Crippen LogP contribution < -0.4 is 5.32 Å². The van der Waals surface area contributed by atoms with Crippen molar-refractivity contribution in [3.8, 4) is 0 Å². The van der Waals surface area contributed by atoms with Crippen LogP contribution in [-0.4, -0.2) is 19.7 Å². The molecule has 0 aliphatic heterocycles. The first-order valence-corrected chi connectivity index (χ1v) is 5.88. The smallest absolute Gasteiger partial charge is 0.164 e. The van der Waals surface area contributed by atoms with Gasteiger partial charge in [-0.2, -0.15) is 5.10 Å². The summed E-state index contributed by atoms with van der Waals surface area (Å²) in [7, 11) is 1.83. The highest BCUT2D eigenvalue weighted by Gasteiger charge is 2.11. The van der Waals surface area contributed by atoms with Crippen molar-refractivity contribution in [2.24, 2.45) is 7.05 Å². The predicted octanol–water partition coefficient (Wildman–Crippen LogP) is 1.59. The fourth-order valence-corrected chi connectivity index (χ4v) is 1.73. The first kappa shape index (κ1) is 12.6. The van der Waals surface area contributed by atoms with Gasteiger partial charge in [-0.3, -0.25) is 9.67 Å². The monoisotopic (exact) mass is 249 g/mol. The SMILES string of the molecule is CCC(NCc1ncn(C)n1)c1ccc(F)cn1. The molecule has 2 heterocycles. The van der Waals surface area contributed by atoms with Crippen LogP contribution in [0.15, 0.2) is 24.7 Å². The first-order valence-electron chi connectivity index (χ1n) is 5.88. The Kier molecular flexibility index (Phi) is 3.99. The number of nitrogens with zero attached hydrogens (tertiary/aromatic N) is 4. The molecule has 0 spiro atoms. The lowest BCUT2D eigenvalue weighted by Gasteiger charge is -2.15. The fourth-order valence-electron chi connectivity index (χ4n) is 1.73. The molecule has 2 aromatic rings. The van der Waals surface area contributed by atoms with Gasteiger partial charge in [-0.05, 0) is 18.6 Å². The maximum Gasteiger partial charge on any atom is 0.164 e. The number of rotatable bonds is 5. The number of aryl methyl sites for hydroxylation is 1. The standard InChI is InChI=1S/C12H16FN5/c1-3-10(11-5-4-9(13)6-14-11)15-7-12-16-8-18(2)17-12/h4-6,8,10,15H,3,7H2,1-2H3. The predicted molar refractivity (Wildman–Crippen MR) is 65.1 cm³/mol. The van der Waals surface area contributed by atoms with E-state index >= 15 is 0 Å². The first-order chi connectivity index (χ1) is 8.69. The zero-order valence-electron chi connectivity index (χ0n) is 10.5. The van der Waals surface area contributed by atoms with Gasteiger partial charge in [0.2, 0.25) is 0 Å². The van der Waals surface area contributed by atoms with Gasteiger partial charge < -0.3 is 5.32 Å². The van der Waals surface area contributed by atoms with E-state index in [0.717, 1.165) is 17.9 Å². The quantitative estimate of drug-likeness (QED) is 0.874. The molecule has 18 heavy (non-hydrogen) atoms. The molecular weight excluding hydrogens is 233 g/mol. The Morgan fingerprint density at radius 2 is 2.22 bits per heavy atom. The molecule has 0 aromatic carbocycles. The summed E-state index contributed by atoms with van der Waals surface area (Å²) < 4.78 is 14.5. The molecule has 0 aliphatic carbocycles. The Labute approximate surface area is 105 Å². The molecule has 1 unspecified atom stereocenters. The van der Waals surface area contributed by atoms with Gasteiger partial charge in [-0.15, -0.1) is 0 Å². The number of aromatic nitrogens is 4. The maximum absolute atomic E-state index is 12.8. The van der Waals surface area contributed by atoms with E-state index in [9.17, 15) is 4.39 Å². The van der Waals surface area contributed by atoms with E-state index in [1.54, 1.807) is 17.1 Å². The Hall–Kier alpha value is -1.82. The molecule has 0 saturated carbocycles. The molecule has 0 fully saturated rings. The highest BCUT2D eigenvalue weighted by molar-refractivity contribution is 5.09. The average Bonchev–Trinajstić information content (AvgIpc) is 2.78. The molecule has 1 N–H and O–H groups in total. The number of hydrogen-bond acceptors (Lipinski definition) is 4. The summed E-state index contributed by atoms with van der Waals surface area (Å²) in [4.78, 5) is 8.22. The lowest BCUT2D eigenvalue weighted by Crippen LogP contribution is -2.22. The van der Waals surface area contributed by atoms with E-state index in [0.29, 0.717) is 6.54 Å². The third kappa shape index (κ3) is 3.10. The van der Waals surface area contributed by atoms with Crippen LogP contribution in [0.3, 0.4) is 0 Å². The van der Waals surface area contributed by atoms with Crippen LogP contribution in [0.1, 0.15) is 30.9 Å². The molecule has 5 nitrogen and oxygen atoms in total. The minimum absolute atomic E-state index is 0.0782. The lowest BCUT2D eigenvalue weighted by atomic mass is 10.1. The van der Waals surface area contributed by atoms with Gasteiger partial charge in [-0.1, -0.05) is 6.92 Å². The zero-order chi connectivity index (χ0) is 13.0. The highest BCUT2D eigenvalue weighted by atomic mass is 19.1. The zero-order valence-corrected chi connectivity index (χ0v) is 10.5. The third-order valence-corrected chi connectivity index (χ3v) is 2.67. The molecule has 2 aromatic heterocycles. The second-order valence-corrected chi connectivity index (χ2v) is 4.08. The summed E-state index contributed by atoms with van der Waals surface area (Å²) in [5.74, 6) is 0.415. The normalized spacial score (nSPS) is 12.6. The Balaban J connectivity index is 1.99. The topological polar surface area (TPSA) is 55.6 Å². The average molecular weight is 249 g/mol. The summed E-state index contributed by atoms with van der Waals surface area (Å²) in [6.45, 7) is 2.62. The van der Waals surface area contributed by atoms with Crippen LogP contribution >= 0.6 is 0 Å². The molecule has 0 aliphatic rings. The number of pyridine rings is 1. The molecule has 2 rings (SSSR count). The van der Waals surface area contributed by atoms with Crippen molar-refractivity contribution in [2.75, 3.05) is 0 Å². The van der Waals surface area contributed by atoms with Gasteiger partial charge in [0, 0.05) is 13.1 Å². The molecule has 0 radical (unpaired) electrons. The minimum atomic E-state index is -0.319. The van der Waals surface area contributed by atoms with Gasteiger partial charge >= 0.3 is 0 Å². The summed E-state index contributed by atoms with van der Waals surface area (Å²) in [5.41, 5.74) is 0.829. The summed E-state index contributed by atoms with van der Waals surface area (Å²) in [6, 6.07) is 3.20. The van der Waals surface area contributed by atoms with Crippen molar-refractivity contribution < 1.29 is 4.39 Å². The summed E-state index contributed by atoms with van der Waals surface area (Å²) in [5, 5.41) is 7.50. The second kappa shape index (κ2) is 5.68. The van der Waals surface area contributed by atoms with Gasteiger partial charge in [0.1, 0.15) is 12.1 Å². The molecule has 0 bridgehead atoms. The van der Waals surface area contributed by atoms with E-state index in [1.807, 2.05) is 7.05 Å². The van der Waals surface area contributed by atoms with Crippen molar-refractivity contribution in [1.29, 1.82) is 0 Å². The number of halogens is 1. The van der Waals surface area contributed by atoms with Crippen LogP contribution in [-0.2, 0) is 13.6 Å². The van der Waals surface area contributed by atoms with E-state index in [1.165, 1.54) is 12.3 Å². The van der Waals surface area contributed by atoms with Crippen LogP contribution in [0.2, 0.25) is 0 Å². The van der Waals surface area contributed by atoms with Crippen molar-refractivity contribution in [3.05, 3.63) is 42.0 Å². The third-order valence-electron chi connectivity index (χ3n) is 2.67. The van der Waals surface area contributed by atoms with Crippen LogP contribution in [0, 0.1) is 5.82 Å². The van der Waals surface area contributed by atoms with Crippen LogP contribution in [0.4, 0.5) is 4.39 Å². The largest absolute Gasteiger partial charge is 0.301 e. The van der Waals surface area contributed by atoms with Gasteiger partial charge in [0.25, 0.3) is 0 Å². The molecule has 6 heteroatoms. The van der Waals surface area contributed by atoms with E-state index in [2.05, 4.69) is 27.3 Å². The Bertz CT molecular complexity index is 493. The van der Waals surface area contributed by atoms with E-state index < -0.39 is 0 Å². The van der Waals surface area contributed by atoms with Crippen molar-refractivity contribution in [3.63, 3.8) is 0 Å². The molecule has 1 atom stereocenters. The number of nitrogens with one attached hydrogen (secondary N) is 1. The molecular formula is C12H16FN5. The van der Waals surface area contributed by atoms with Crippen LogP contribution in [0.25, 0.3) is 0 Å². The molecule has 0 saturated heterocycles.